The molecule has 1 unspecified atom stereocenters. The molecular weight excluding hydrogens is 789 g/mol. The first-order chi connectivity index (χ1) is 30.9. The molecule has 63 heavy (non-hydrogen) atoms. The van der Waals surface area contributed by atoms with Gasteiger partial charge in [0.15, 0.2) is 0 Å². The van der Waals surface area contributed by atoms with Crippen LogP contribution in [-0.2, 0) is 19.1 Å². The lowest BCUT2D eigenvalue weighted by Crippen LogP contribution is -2.50. The standard InChI is InChI=1S/C53H104N4O6/c1-4-7-10-13-16-17-18-24-34-47-62-51(59)38-29-25-33-44-56(48-49(58)35-30-31-40-55-53(61)57-45-41-54-42-46-57)43-32-23-19-22-28-39-52(60)63-50(36-26-20-14-11-8-5-2)37-27-21-15-12-9-6-3/h49-50,54,58H,4-48H2,1-3H3,(H,55,61). The van der Waals surface area contributed by atoms with Gasteiger partial charge in [-0.2, -0.15) is 0 Å². The Morgan fingerprint density at radius 2 is 1.00 bits per heavy atom. The van der Waals surface area contributed by atoms with Crippen molar-refractivity contribution in [3.8, 4) is 0 Å². The maximum absolute atomic E-state index is 12.9. The fraction of sp³-hybridized carbons (Fsp3) is 0.943. The summed E-state index contributed by atoms with van der Waals surface area (Å²) in [6.45, 7) is 13.6. The Morgan fingerprint density at radius 1 is 0.556 bits per heavy atom. The van der Waals surface area contributed by atoms with Crippen LogP contribution in [0.25, 0.3) is 0 Å². The minimum absolute atomic E-state index is 0.00822. The number of nitrogens with zero attached hydrogens (tertiary/aromatic N) is 2. The van der Waals surface area contributed by atoms with Gasteiger partial charge < -0.3 is 35.0 Å². The predicted octanol–water partition coefficient (Wildman–Crippen LogP) is 12.8. The van der Waals surface area contributed by atoms with Gasteiger partial charge in [-0.15, -0.1) is 0 Å². The lowest BCUT2D eigenvalue weighted by atomic mass is 10.0. The Hall–Kier alpha value is -1.91. The molecule has 1 aliphatic rings. The minimum Gasteiger partial charge on any atom is -0.466 e. The summed E-state index contributed by atoms with van der Waals surface area (Å²) in [7, 11) is 0. The summed E-state index contributed by atoms with van der Waals surface area (Å²) in [5.74, 6) is -0.0773. The predicted molar refractivity (Wildman–Crippen MR) is 264 cm³/mol. The Morgan fingerprint density at radius 3 is 1.56 bits per heavy atom. The molecule has 0 aromatic heterocycles. The fourth-order valence-electron chi connectivity index (χ4n) is 8.76. The fourth-order valence-corrected chi connectivity index (χ4v) is 8.76. The first kappa shape index (κ1) is 59.1. The van der Waals surface area contributed by atoms with E-state index in [4.69, 9.17) is 9.47 Å². The van der Waals surface area contributed by atoms with Crippen LogP contribution in [0, 0.1) is 0 Å². The average molecular weight is 893 g/mol. The zero-order valence-electron chi connectivity index (χ0n) is 41.9. The molecule has 1 fully saturated rings. The largest absolute Gasteiger partial charge is 0.466 e. The van der Waals surface area contributed by atoms with Gasteiger partial charge in [0.05, 0.1) is 12.7 Å². The molecular formula is C53H104N4O6. The van der Waals surface area contributed by atoms with Gasteiger partial charge >= 0.3 is 18.0 Å². The normalized spacial score (nSPS) is 13.5. The lowest BCUT2D eigenvalue weighted by Gasteiger charge is -2.27. The van der Waals surface area contributed by atoms with Gasteiger partial charge in [0, 0.05) is 52.1 Å². The van der Waals surface area contributed by atoms with Crippen LogP contribution in [0.3, 0.4) is 0 Å². The molecule has 0 aromatic carbocycles. The van der Waals surface area contributed by atoms with Crippen molar-refractivity contribution in [2.24, 2.45) is 0 Å². The number of amides is 2. The van der Waals surface area contributed by atoms with Crippen molar-refractivity contribution in [1.29, 1.82) is 0 Å². The van der Waals surface area contributed by atoms with Crippen molar-refractivity contribution in [2.45, 2.75) is 264 Å². The van der Waals surface area contributed by atoms with E-state index < -0.39 is 6.10 Å². The van der Waals surface area contributed by atoms with E-state index in [9.17, 15) is 19.5 Å². The van der Waals surface area contributed by atoms with Crippen LogP contribution in [0.5, 0.6) is 0 Å². The summed E-state index contributed by atoms with van der Waals surface area (Å²) in [6.07, 6.45) is 39.7. The number of urea groups is 1. The number of ether oxygens (including phenoxy) is 2. The van der Waals surface area contributed by atoms with Crippen LogP contribution in [0.4, 0.5) is 4.79 Å². The van der Waals surface area contributed by atoms with Gasteiger partial charge in [-0.3, -0.25) is 9.59 Å². The number of esters is 2. The van der Waals surface area contributed by atoms with Gasteiger partial charge in [0.1, 0.15) is 6.10 Å². The van der Waals surface area contributed by atoms with Crippen LogP contribution in [0.1, 0.15) is 252 Å². The number of aliphatic hydroxyl groups is 1. The van der Waals surface area contributed by atoms with Crippen molar-refractivity contribution in [1.82, 2.24) is 20.4 Å². The highest BCUT2D eigenvalue weighted by Crippen LogP contribution is 2.19. The molecule has 0 bridgehead atoms. The molecule has 0 saturated carbocycles. The number of aliphatic hydroxyl groups excluding tert-OH is 1. The van der Waals surface area contributed by atoms with Crippen LogP contribution < -0.4 is 10.6 Å². The lowest BCUT2D eigenvalue weighted by molar-refractivity contribution is -0.150. The molecule has 10 heteroatoms. The maximum Gasteiger partial charge on any atom is 0.317 e. The topological polar surface area (TPSA) is 120 Å². The van der Waals surface area contributed by atoms with E-state index in [2.05, 4.69) is 36.3 Å². The molecule has 0 aliphatic carbocycles. The molecule has 3 N–H and O–H groups in total. The summed E-state index contributed by atoms with van der Waals surface area (Å²) >= 11 is 0. The molecule has 1 saturated heterocycles. The zero-order valence-corrected chi connectivity index (χ0v) is 41.9. The molecule has 10 nitrogen and oxygen atoms in total. The second-order valence-electron chi connectivity index (χ2n) is 19.0. The number of hydrogen-bond donors (Lipinski definition) is 3. The molecule has 1 rings (SSSR count). The summed E-state index contributed by atoms with van der Waals surface area (Å²) in [5.41, 5.74) is 0. The van der Waals surface area contributed by atoms with E-state index >= 15 is 0 Å². The molecule has 1 atom stereocenters. The van der Waals surface area contributed by atoms with Gasteiger partial charge in [-0.25, -0.2) is 4.79 Å². The molecule has 1 aliphatic heterocycles. The zero-order chi connectivity index (χ0) is 45.7. The van der Waals surface area contributed by atoms with Crippen molar-refractivity contribution < 1.29 is 29.0 Å². The summed E-state index contributed by atoms with van der Waals surface area (Å²) in [6, 6.07) is 0.0152. The Kier molecular flexibility index (Phi) is 42.5. The van der Waals surface area contributed by atoms with Crippen LogP contribution >= 0.6 is 0 Å². The van der Waals surface area contributed by atoms with Crippen molar-refractivity contribution in [2.75, 3.05) is 59.0 Å². The number of nitrogens with one attached hydrogen (secondary N) is 2. The first-order valence-electron chi connectivity index (χ1n) is 27.4. The Bertz CT molecular complexity index is 1010. The highest BCUT2D eigenvalue weighted by atomic mass is 16.5. The van der Waals surface area contributed by atoms with Crippen LogP contribution in [0.2, 0.25) is 0 Å². The summed E-state index contributed by atoms with van der Waals surface area (Å²) in [5, 5.41) is 17.3. The van der Waals surface area contributed by atoms with E-state index in [1.54, 1.807) is 0 Å². The molecule has 372 valence electrons. The summed E-state index contributed by atoms with van der Waals surface area (Å²) in [4.78, 5) is 41.9. The molecule has 0 radical (unpaired) electrons. The van der Waals surface area contributed by atoms with Gasteiger partial charge in [-0.05, 0) is 90.1 Å². The van der Waals surface area contributed by atoms with E-state index in [0.717, 1.165) is 148 Å². The third-order valence-electron chi connectivity index (χ3n) is 12.9. The SMILES string of the molecule is CCCCCCCCCCCOC(=O)CCCCCN(CCCCCCCC(=O)OC(CCCCCCCC)CCCCCCCC)CC(O)CCCCNC(=O)N1CCNCC1. The number of hydrogen-bond acceptors (Lipinski definition) is 8. The minimum atomic E-state index is -0.401. The van der Waals surface area contributed by atoms with Crippen molar-refractivity contribution >= 4 is 18.0 Å². The highest BCUT2D eigenvalue weighted by Gasteiger charge is 2.17. The average Bonchev–Trinajstić information content (AvgIpc) is 3.28. The quantitative estimate of drug-likeness (QED) is 0.0408. The van der Waals surface area contributed by atoms with Crippen LogP contribution in [-0.4, -0.2) is 104 Å². The Labute approximate surface area is 389 Å². The van der Waals surface area contributed by atoms with E-state index in [-0.39, 0.29) is 24.1 Å². The number of carbonyl (C=O) groups is 3. The maximum atomic E-state index is 12.9. The van der Waals surface area contributed by atoms with Crippen molar-refractivity contribution in [3.05, 3.63) is 0 Å². The van der Waals surface area contributed by atoms with Crippen LogP contribution in [0.15, 0.2) is 0 Å². The summed E-state index contributed by atoms with van der Waals surface area (Å²) < 4.78 is 11.6. The second-order valence-corrected chi connectivity index (χ2v) is 19.0. The van der Waals surface area contributed by atoms with Crippen molar-refractivity contribution in [3.63, 3.8) is 0 Å². The van der Waals surface area contributed by atoms with E-state index in [0.29, 0.717) is 32.5 Å². The van der Waals surface area contributed by atoms with E-state index in [1.165, 1.54) is 109 Å². The Balaban J connectivity index is 2.40. The third kappa shape index (κ3) is 39.0. The molecule has 0 spiro atoms. The monoisotopic (exact) mass is 893 g/mol. The molecule has 0 aromatic rings. The van der Waals surface area contributed by atoms with Gasteiger partial charge in [-0.1, -0.05) is 162 Å². The molecule has 2 amide bonds. The third-order valence-corrected chi connectivity index (χ3v) is 12.9. The number of unbranched alkanes of at least 4 members (excludes halogenated alkanes) is 25. The molecule has 1 heterocycles. The van der Waals surface area contributed by atoms with E-state index in [1.807, 2.05) is 4.90 Å². The number of rotatable bonds is 46. The highest BCUT2D eigenvalue weighted by molar-refractivity contribution is 5.74. The number of piperazine rings is 1. The van der Waals surface area contributed by atoms with Gasteiger partial charge in [0.25, 0.3) is 0 Å². The van der Waals surface area contributed by atoms with Gasteiger partial charge in [0.2, 0.25) is 0 Å². The first-order valence-corrected chi connectivity index (χ1v) is 27.4. The smallest absolute Gasteiger partial charge is 0.317 e. The number of carbonyl (C=O) groups excluding carboxylic acids is 3. The second kappa shape index (κ2) is 45.3.